The van der Waals surface area contributed by atoms with E-state index in [1.54, 1.807) is 31.9 Å². The number of benzene rings is 1. The van der Waals surface area contributed by atoms with Crippen LogP contribution in [0.4, 0.5) is 0 Å². The largest absolute Gasteiger partial charge is 0.497 e. The van der Waals surface area contributed by atoms with E-state index in [2.05, 4.69) is 4.90 Å². The van der Waals surface area contributed by atoms with E-state index in [1.807, 2.05) is 18.2 Å². The van der Waals surface area contributed by atoms with Crippen molar-refractivity contribution in [3.05, 3.63) is 56.4 Å². The van der Waals surface area contributed by atoms with Crippen LogP contribution < -0.4 is 20.7 Å². The van der Waals surface area contributed by atoms with E-state index in [0.29, 0.717) is 12.2 Å². The Morgan fingerprint density at radius 1 is 1.08 bits per heavy atom. The maximum Gasteiger partial charge on any atom is 0.330 e. The fraction of sp³-hybridized carbons (Fsp3) is 0.474. The van der Waals surface area contributed by atoms with Crippen LogP contribution in [0.2, 0.25) is 0 Å². The molecule has 0 saturated carbocycles. The predicted octanol–water partition coefficient (Wildman–Crippen LogP) is 1.44. The molecule has 1 aliphatic rings. The van der Waals surface area contributed by atoms with Crippen LogP contribution in [0.3, 0.4) is 0 Å². The van der Waals surface area contributed by atoms with Crippen LogP contribution in [0.5, 0.6) is 11.5 Å². The Morgan fingerprint density at radius 3 is 2.54 bits per heavy atom. The Bertz CT molecular complexity index is 916. The van der Waals surface area contributed by atoms with Crippen molar-refractivity contribution in [3.8, 4) is 11.5 Å². The molecule has 7 nitrogen and oxygen atoms in total. The minimum absolute atomic E-state index is 0.152. The molecular weight excluding hydrogens is 334 g/mol. The number of nitrogens with zero attached hydrogens (tertiary/aromatic N) is 3. The molecule has 3 rings (SSSR count). The van der Waals surface area contributed by atoms with Crippen LogP contribution in [-0.4, -0.2) is 34.8 Å². The van der Waals surface area contributed by atoms with Crippen LogP contribution >= 0.6 is 0 Å². The van der Waals surface area contributed by atoms with Gasteiger partial charge >= 0.3 is 5.69 Å². The van der Waals surface area contributed by atoms with E-state index in [-0.39, 0.29) is 17.3 Å². The Hall–Kier alpha value is -2.54. The molecular formula is C19H25N3O4. The van der Waals surface area contributed by atoms with Gasteiger partial charge in [0.1, 0.15) is 11.5 Å². The second-order valence-corrected chi connectivity index (χ2v) is 6.61. The van der Waals surface area contributed by atoms with Crippen molar-refractivity contribution < 1.29 is 9.47 Å². The fourth-order valence-corrected chi connectivity index (χ4v) is 3.61. The zero-order valence-corrected chi connectivity index (χ0v) is 15.7. The number of likely N-dealkylation sites (tertiary alicyclic amines) is 1. The van der Waals surface area contributed by atoms with Crippen molar-refractivity contribution in [2.24, 2.45) is 14.1 Å². The summed E-state index contributed by atoms with van der Waals surface area (Å²) in [6, 6.07) is 7.49. The first-order valence-electron chi connectivity index (χ1n) is 8.68. The van der Waals surface area contributed by atoms with E-state index in [9.17, 15) is 9.59 Å². The zero-order chi connectivity index (χ0) is 18.8. The maximum atomic E-state index is 12.2. The number of ether oxygens (including phenoxy) is 2. The van der Waals surface area contributed by atoms with Crippen LogP contribution in [-0.2, 0) is 20.6 Å². The summed E-state index contributed by atoms with van der Waals surface area (Å²) in [5, 5.41) is 0. The summed E-state index contributed by atoms with van der Waals surface area (Å²) >= 11 is 0. The second kappa shape index (κ2) is 7.37. The van der Waals surface area contributed by atoms with E-state index < -0.39 is 0 Å². The lowest BCUT2D eigenvalue weighted by Gasteiger charge is -2.27. The van der Waals surface area contributed by atoms with Gasteiger partial charge in [-0.1, -0.05) is 0 Å². The second-order valence-electron chi connectivity index (χ2n) is 6.61. The smallest absolute Gasteiger partial charge is 0.330 e. The molecule has 2 aromatic rings. The highest BCUT2D eigenvalue weighted by Crippen LogP contribution is 2.39. The van der Waals surface area contributed by atoms with Crippen LogP contribution in [0, 0.1) is 0 Å². The molecule has 0 bridgehead atoms. The first-order chi connectivity index (χ1) is 12.5. The molecule has 1 aromatic carbocycles. The van der Waals surface area contributed by atoms with Crippen LogP contribution in [0.15, 0.2) is 33.9 Å². The summed E-state index contributed by atoms with van der Waals surface area (Å²) in [7, 11) is 6.51. The van der Waals surface area contributed by atoms with Crippen LogP contribution in [0.1, 0.15) is 30.1 Å². The van der Waals surface area contributed by atoms with Crippen molar-refractivity contribution in [1.29, 1.82) is 0 Å². The topological polar surface area (TPSA) is 65.7 Å². The van der Waals surface area contributed by atoms with E-state index >= 15 is 0 Å². The van der Waals surface area contributed by atoms with Crippen LogP contribution in [0.25, 0.3) is 0 Å². The molecule has 1 atom stereocenters. The van der Waals surface area contributed by atoms with Crippen molar-refractivity contribution in [3.63, 3.8) is 0 Å². The molecule has 0 spiro atoms. The summed E-state index contributed by atoms with van der Waals surface area (Å²) in [5.74, 6) is 1.61. The Balaban J connectivity index is 1.95. The monoisotopic (exact) mass is 359 g/mol. The molecule has 0 radical (unpaired) electrons. The lowest BCUT2D eigenvalue weighted by atomic mass is 10.0. The SMILES string of the molecule is COc1ccc(OC)c(C2CCCN2Cc2cc(=O)n(C)c(=O)n2C)c1. The van der Waals surface area contributed by atoms with Gasteiger partial charge in [0.25, 0.3) is 5.56 Å². The number of rotatable bonds is 5. The van der Waals surface area contributed by atoms with Gasteiger partial charge in [0, 0.05) is 44.0 Å². The molecule has 1 unspecified atom stereocenters. The quantitative estimate of drug-likeness (QED) is 0.808. The number of methoxy groups -OCH3 is 2. The standard InChI is InChI=1S/C19H25N3O4/c1-20-13(10-18(23)21(2)19(20)24)12-22-9-5-6-16(22)15-11-14(25-3)7-8-17(15)26-4/h7-8,10-11,16H,5-6,9,12H2,1-4H3. The highest BCUT2D eigenvalue weighted by Gasteiger charge is 2.29. The Labute approximate surface area is 152 Å². The van der Waals surface area contributed by atoms with Gasteiger partial charge in [-0.15, -0.1) is 0 Å². The summed E-state index contributed by atoms with van der Waals surface area (Å²) in [4.78, 5) is 26.5. The van der Waals surface area contributed by atoms with E-state index in [1.165, 1.54) is 7.05 Å². The molecule has 1 saturated heterocycles. The molecule has 0 amide bonds. The minimum Gasteiger partial charge on any atom is -0.497 e. The lowest BCUT2D eigenvalue weighted by Crippen LogP contribution is -2.39. The molecule has 1 aromatic heterocycles. The highest BCUT2D eigenvalue weighted by molar-refractivity contribution is 5.42. The molecule has 1 fully saturated rings. The van der Waals surface area contributed by atoms with Gasteiger partial charge in [-0.05, 0) is 37.6 Å². The highest BCUT2D eigenvalue weighted by atomic mass is 16.5. The van der Waals surface area contributed by atoms with Crippen molar-refractivity contribution in [1.82, 2.24) is 14.0 Å². The van der Waals surface area contributed by atoms with Crippen molar-refractivity contribution >= 4 is 0 Å². The van der Waals surface area contributed by atoms with E-state index in [4.69, 9.17) is 9.47 Å². The fourth-order valence-electron chi connectivity index (χ4n) is 3.61. The van der Waals surface area contributed by atoms with Gasteiger partial charge in [0.2, 0.25) is 0 Å². The van der Waals surface area contributed by atoms with Gasteiger partial charge in [-0.25, -0.2) is 4.79 Å². The molecule has 7 heteroatoms. The zero-order valence-electron chi connectivity index (χ0n) is 15.7. The molecule has 0 aliphatic carbocycles. The predicted molar refractivity (Wildman–Crippen MR) is 98.9 cm³/mol. The molecule has 1 aliphatic heterocycles. The summed E-state index contributed by atoms with van der Waals surface area (Å²) < 4.78 is 13.6. The first kappa shape index (κ1) is 18.3. The van der Waals surface area contributed by atoms with Gasteiger partial charge in [0.15, 0.2) is 0 Å². The third-order valence-corrected chi connectivity index (χ3v) is 5.15. The summed E-state index contributed by atoms with van der Waals surface area (Å²) in [6.45, 7) is 1.43. The maximum absolute atomic E-state index is 12.2. The van der Waals surface area contributed by atoms with Crippen molar-refractivity contribution in [2.75, 3.05) is 20.8 Å². The first-order valence-corrected chi connectivity index (χ1v) is 8.68. The summed E-state index contributed by atoms with van der Waals surface area (Å²) in [5.41, 5.74) is 1.20. The molecule has 0 N–H and O–H groups in total. The summed E-state index contributed by atoms with van der Waals surface area (Å²) in [6.07, 6.45) is 2.03. The van der Waals surface area contributed by atoms with Gasteiger partial charge < -0.3 is 9.47 Å². The average molecular weight is 359 g/mol. The third kappa shape index (κ3) is 3.26. The molecule has 2 heterocycles. The average Bonchev–Trinajstić information content (AvgIpc) is 3.11. The normalized spacial score (nSPS) is 17.5. The number of hydrogen-bond acceptors (Lipinski definition) is 5. The van der Waals surface area contributed by atoms with E-state index in [0.717, 1.165) is 41.0 Å². The van der Waals surface area contributed by atoms with Gasteiger partial charge in [0.05, 0.1) is 14.2 Å². The molecule has 140 valence electrons. The Morgan fingerprint density at radius 2 is 1.85 bits per heavy atom. The molecule has 26 heavy (non-hydrogen) atoms. The Kier molecular flexibility index (Phi) is 5.18. The lowest BCUT2D eigenvalue weighted by molar-refractivity contribution is 0.235. The van der Waals surface area contributed by atoms with Crippen molar-refractivity contribution in [2.45, 2.75) is 25.4 Å². The number of hydrogen-bond donors (Lipinski definition) is 0. The van der Waals surface area contributed by atoms with Gasteiger partial charge in [-0.2, -0.15) is 0 Å². The third-order valence-electron chi connectivity index (χ3n) is 5.15. The number of aromatic nitrogens is 2. The van der Waals surface area contributed by atoms with Gasteiger partial charge in [-0.3, -0.25) is 18.8 Å². The minimum atomic E-state index is -0.304.